The van der Waals surface area contributed by atoms with Gasteiger partial charge in [-0.05, 0) is 0 Å². The van der Waals surface area contributed by atoms with Crippen LogP contribution < -0.4 is 0 Å². The van der Waals surface area contributed by atoms with Gasteiger partial charge in [-0.1, -0.05) is 13.3 Å². The van der Waals surface area contributed by atoms with Crippen LogP contribution >= 0.6 is 0 Å². The first-order valence-corrected chi connectivity index (χ1v) is 4.41. The average Bonchev–Trinajstić information content (AvgIpc) is 2.81. The predicted octanol–water partition coefficient (Wildman–Crippen LogP) is 3.39. The van der Waals surface area contributed by atoms with E-state index in [0.717, 1.165) is 19.3 Å². The maximum atomic E-state index is 3.21. The zero-order valence-electron chi connectivity index (χ0n) is 7.86. The van der Waals surface area contributed by atoms with Crippen LogP contribution in [0.25, 0.3) is 0 Å². The second kappa shape index (κ2) is 8.09. The van der Waals surface area contributed by atoms with Gasteiger partial charge < -0.3 is 0 Å². The van der Waals surface area contributed by atoms with Crippen molar-refractivity contribution in [3.63, 3.8) is 0 Å². The molecule has 0 saturated carbocycles. The van der Waals surface area contributed by atoms with Gasteiger partial charge in [-0.15, -0.1) is 12.8 Å². The molecule has 2 aliphatic rings. The summed E-state index contributed by atoms with van der Waals surface area (Å²) in [5, 5.41) is 0. The van der Waals surface area contributed by atoms with Crippen LogP contribution in [0, 0.1) is 12.2 Å². The molecule has 1 heteroatoms. The minimum Gasteiger partial charge on any atom is -0.273 e. The van der Waals surface area contributed by atoms with Crippen molar-refractivity contribution in [1.82, 2.24) is 0 Å². The van der Waals surface area contributed by atoms with Crippen LogP contribution in [0.2, 0.25) is 0 Å². The van der Waals surface area contributed by atoms with Crippen molar-refractivity contribution in [2.75, 3.05) is 0 Å². The zero-order chi connectivity index (χ0) is 8.65. The van der Waals surface area contributed by atoms with E-state index in [-0.39, 0.29) is 17.1 Å². The monoisotopic (exact) mass is 214 g/mol. The van der Waals surface area contributed by atoms with Crippen LogP contribution in [0.4, 0.5) is 0 Å². The van der Waals surface area contributed by atoms with E-state index < -0.39 is 0 Å². The molecule has 0 heterocycles. The fourth-order valence-electron chi connectivity index (χ4n) is 1.03. The molecule has 70 valence electrons. The van der Waals surface area contributed by atoms with E-state index in [2.05, 4.69) is 37.3 Å². The van der Waals surface area contributed by atoms with E-state index in [1.165, 1.54) is 5.57 Å². The summed E-state index contributed by atoms with van der Waals surface area (Å²) < 4.78 is 0. The zero-order valence-corrected chi connectivity index (χ0v) is 8.97. The van der Waals surface area contributed by atoms with E-state index in [0.29, 0.717) is 0 Å². The van der Waals surface area contributed by atoms with Gasteiger partial charge in [-0.3, -0.25) is 12.2 Å². The maximum absolute atomic E-state index is 3.21. The predicted molar refractivity (Wildman–Crippen MR) is 52.4 cm³/mol. The van der Waals surface area contributed by atoms with Crippen molar-refractivity contribution in [3.05, 3.63) is 48.1 Å². The van der Waals surface area contributed by atoms with Crippen molar-refractivity contribution < 1.29 is 17.1 Å². The molecule has 0 amide bonds. The summed E-state index contributed by atoms with van der Waals surface area (Å²) >= 11 is 0. The number of hydrogen-bond acceptors (Lipinski definition) is 0. The standard InChI is InChI=1S/C7H9.C5H5.Fe/c1-2-7-5-3-4-6-7;1-2-4-5-3-1;/h3,5H,2,4H2,1H3;1-3H,4H2;/q2*-1;+2. The third kappa shape index (κ3) is 5.68. The molecule has 0 aromatic carbocycles. The van der Waals surface area contributed by atoms with Gasteiger partial charge in [0.15, 0.2) is 0 Å². The summed E-state index contributed by atoms with van der Waals surface area (Å²) in [6.07, 6.45) is 19.7. The smallest absolute Gasteiger partial charge is 0.273 e. The molecule has 0 radical (unpaired) electrons. The molecule has 0 atom stereocenters. The molecule has 2 rings (SSSR count). The molecule has 0 aromatic heterocycles. The first-order chi connectivity index (χ1) is 5.93. The Kier molecular flexibility index (Phi) is 7.77. The molecule has 0 fully saturated rings. The summed E-state index contributed by atoms with van der Waals surface area (Å²) in [6, 6.07) is 0. The van der Waals surface area contributed by atoms with Crippen LogP contribution in [0.15, 0.2) is 36.0 Å². The van der Waals surface area contributed by atoms with Crippen molar-refractivity contribution in [1.29, 1.82) is 0 Å². The summed E-state index contributed by atoms with van der Waals surface area (Å²) in [5.41, 5.74) is 1.36. The second-order valence-corrected chi connectivity index (χ2v) is 2.67. The third-order valence-corrected chi connectivity index (χ3v) is 1.73. The second-order valence-electron chi connectivity index (χ2n) is 2.67. The van der Waals surface area contributed by atoms with Gasteiger partial charge in [0.2, 0.25) is 0 Å². The van der Waals surface area contributed by atoms with E-state index in [1.54, 1.807) is 0 Å². The molecular weight excluding hydrogens is 200 g/mol. The SMILES string of the molecule is CCC1=[C-]CC=C1.[C-]1=CC=CC1.[Fe+2]. The molecule has 2 aliphatic carbocycles. The Labute approximate surface area is 91.6 Å². The van der Waals surface area contributed by atoms with Gasteiger partial charge in [0.25, 0.3) is 0 Å². The minimum absolute atomic E-state index is 0. The number of hydrogen-bond donors (Lipinski definition) is 0. The van der Waals surface area contributed by atoms with E-state index in [4.69, 9.17) is 0 Å². The van der Waals surface area contributed by atoms with Crippen LogP contribution in [-0.2, 0) is 17.1 Å². The normalized spacial score (nSPS) is 16.2. The largest absolute Gasteiger partial charge is 2.00 e. The van der Waals surface area contributed by atoms with Gasteiger partial charge >= 0.3 is 17.1 Å². The van der Waals surface area contributed by atoms with Crippen molar-refractivity contribution in [2.45, 2.75) is 26.2 Å². The molecule has 0 saturated heterocycles. The Morgan fingerprint density at radius 2 is 2.15 bits per heavy atom. The Hall–Kier alpha value is -0.521. The summed E-state index contributed by atoms with van der Waals surface area (Å²) in [7, 11) is 0. The topological polar surface area (TPSA) is 0 Å². The Morgan fingerprint density at radius 3 is 2.38 bits per heavy atom. The fourth-order valence-corrected chi connectivity index (χ4v) is 1.03. The quantitative estimate of drug-likeness (QED) is 0.463. The van der Waals surface area contributed by atoms with Crippen molar-refractivity contribution in [2.24, 2.45) is 0 Å². The van der Waals surface area contributed by atoms with Gasteiger partial charge in [0.05, 0.1) is 0 Å². The molecule has 0 nitrogen and oxygen atoms in total. The number of rotatable bonds is 1. The van der Waals surface area contributed by atoms with Crippen molar-refractivity contribution in [3.8, 4) is 0 Å². The summed E-state index contributed by atoms with van der Waals surface area (Å²) in [6.45, 7) is 2.15. The molecular formula is C12H14Fe. The first-order valence-electron chi connectivity index (χ1n) is 4.41. The van der Waals surface area contributed by atoms with Gasteiger partial charge in [-0.25, -0.2) is 23.8 Å². The maximum Gasteiger partial charge on any atom is 2.00 e. The molecule has 0 bridgehead atoms. The molecule has 13 heavy (non-hydrogen) atoms. The minimum atomic E-state index is 0. The third-order valence-electron chi connectivity index (χ3n) is 1.73. The van der Waals surface area contributed by atoms with Crippen LogP contribution in [0.3, 0.4) is 0 Å². The molecule has 0 spiro atoms. The van der Waals surface area contributed by atoms with E-state index in [9.17, 15) is 0 Å². The van der Waals surface area contributed by atoms with Crippen molar-refractivity contribution >= 4 is 0 Å². The van der Waals surface area contributed by atoms with Gasteiger partial charge in [-0.2, -0.15) is 12.2 Å². The summed E-state index contributed by atoms with van der Waals surface area (Å²) in [5.74, 6) is 0. The number of allylic oxidation sites excluding steroid dienone is 8. The van der Waals surface area contributed by atoms with Crippen LogP contribution in [0.5, 0.6) is 0 Å². The molecule has 0 N–H and O–H groups in total. The Morgan fingerprint density at radius 1 is 1.31 bits per heavy atom. The Bertz CT molecular complexity index is 222. The molecule has 0 aliphatic heterocycles. The van der Waals surface area contributed by atoms with Crippen LogP contribution in [0.1, 0.15) is 26.2 Å². The molecule has 0 aromatic rings. The van der Waals surface area contributed by atoms with Crippen LogP contribution in [-0.4, -0.2) is 0 Å². The van der Waals surface area contributed by atoms with Gasteiger partial charge in [0, 0.05) is 0 Å². The molecule has 0 unspecified atom stereocenters. The Balaban J connectivity index is 0.000000215. The summed E-state index contributed by atoms with van der Waals surface area (Å²) in [4.78, 5) is 0. The van der Waals surface area contributed by atoms with Gasteiger partial charge in [0.1, 0.15) is 0 Å². The fraction of sp³-hybridized carbons (Fsp3) is 0.333. The first kappa shape index (κ1) is 12.5. The van der Waals surface area contributed by atoms with E-state index >= 15 is 0 Å². The van der Waals surface area contributed by atoms with E-state index in [1.807, 2.05) is 12.2 Å². The average molecular weight is 214 g/mol.